The first-order valence-corrected chi connectivity index (χ1v) is 6.21. The molecule has 2 rings (SSSR count). The summed E-state index contributed by atoms with van der Waals surface area (Å²) in [5.74, 6) is 0.239. The zero-order valence-corrected chi connectivity index (χ0v) is 10.6. The molecule has 4 heteroatoms. The van der Waals surface area contributed by atoms with Crippen LogP contribution >= 0.6 is 0 Å². The summed E-state index contributed by atoms with van der Waals surface area (Å²) < 4.78 is 5.87. The average molecular weight is 237 g/mol. The zero-order valence-electron chi connectivity index (χ0n) is 10.6. The van der Waals surface area contributed by atoms with E-state index in [0.29, 0.717) is 11.5 Å². The van der Waals surface area contributed by atoms with Crippen LogP contribution < -0.4 is 0 Å². The van der Waals surface area contributed by atoms with E-state index in [1.165, 1.54) is 0 Å². The molecule has 1 amide bonds. The molecule has 0 aromatic heterocycles. The van der Waals surface area contributed by atoms with Gasteiger partial charge in [0.15, 0.2) is 5.78 Å². The monoisotopic (exact) mass is 237 g/mol. The number of allylic oxidation sites excluding steroid dienone is 1. The van der Waals surface area contributed by atoms with Crippen molar-refractivity contribution in [3.05, 3.63) is 11.8 Å². The van der Waals surface area contributed by atoms with Crippen molar-refractivity contribution in [3.8, 4) is 0 Å². The number of carbonyl (C=O) groups is 2. The molecule has 0 N–H and O–H groups in total. The molecule has 94 valence electrons. The lowest BCUT2D eigenvalue weighted by Crippen LogP contribution is -2.40. The molecule has 3 atom stereocenters. The highest BCUT2D eigenvalue weighted by Gasteiger charge is 2.37. The maximum absolute atomic E-state index is 11.8. The van der Waals surface area contributed by atoms with E-state index in [9.17, 15) is 9.59 Å². The molecule has 2 aliphatic heterocycles. The molecule has 0 aromatic rings. The molecule has 2 heterocycles. The Morgan fingerprint density at radius 1 is 1.47 bits per heavy atom. The Morgan fingerprint density at radius 2 is 2.18 bits per heavy atom. The summed E-state index contributed by atoms with van der Waals surface area (Å²) in [6.07, 6.45) is 3.46. The van der Waals surface area contributed by atoms with Gasteiger partial charge in [-0.1, -0.05) is 13.8 Å². The summed E-state index contributed by atoms with van der Waals surface area (Å²) >= 11 is 0. The number of Topliss-reactive ketones (excluding diaryl/α,β-unsaturated/α-hetero) is 1. The summed E-state index contributed by atoms with van der Waals surface area (Å²) in [6, 6.07) is 0. The zero-order chi connectivity index (χ0) is 12.6. The van der Waals surface area contributed by atoms with Gasteiger partial charge in [-0.3, -0.25) is 14.5 Å². The van der Waals surface area contributed by atoms with Crippen LogP contribution in [-0.4, -0.2) is 28.9 Å². The first-order chi connectivity index (χ1) is 8.02. The van der Waals surface area contributed by atoms with Crippen LogP contribution in [-0.2, 0) is 14.3 Å². The van der Waals surface area contributed by atoms with Gasteiger partial charge in [-0.25, -0.2) is 0 Å². The maximum atomic E-state index is 11.8. The van der Waals surface area contributed by atoms with Crippen LogP contribution in [0.15, 0.2) is 11.8 Å². The lowest BCUT2D eigenvalue weighted by Gasteiger charge is -2.28. The third-order valence-corrected chi connectivity index (χ3v) is 3.62. The molecule has 0 saturated carbocycles. The third-order valence-electron chi connectivity index (χ3n) is 3.62. The number of hydrogen-bond donors (Lipinski definition) is 0. The first-order valence-electron chi connectivity index (χ1n) is 6.21. The van der Waals surface area contributed by atoms with Crippen molar-refractivity contribution < 1.29 is 14.3 Å². The number of amides is 1. The van der Waals surface area contributed by atoms with Crippen LogP contribution in [0.1, 0.15) is 40.0 Å². The number of ether oxygens (including phenoxy) is 1. The van der Waals surface area contributed by atoms with E-state index in [2.05, 4.69) is 13.8 Å². The molecule has 4 nitrogen and oxygen atoms in total. The first kappa shape index (κ1) is 12.3. The van der Waals surface area contributed by atoms with Crippen LogP contribution in [0.25, 0.3) is 0 Å². The fourth-order valence-corrected chi connectivity index (χ4v) is 2.50. The molecule has 0 radical (unpaired) electrons. The molecule has 2 aliphatic rings. The largest absolute Gasteiger partial charge is 0.354 e. The van der Waals surface area contributed by atoms with Gasteiger partial charge in [0.1, 0.15) is 6.23 Å². The Kier molecular flexibility index (Phi) is 3.33. The van der Waals surface area contributed by atoms with Gasteiger partial charge in [-0.15, -0.1) is 0 Å². The molecule has 1 unspecified atom stereocenters. The van der Waals surface area contributed by atoms with Gasteiger partial charge < -0.3 is 4.74 Å². The highest BCUT2D eigenvalue weighted by molar-refractivity contribution is 6.09. The molecule has 17 heavy (non-hydrogen) atoms. The van der Waals surface area contributed by atoms with Crippen molar-refractivity contribution in [2.24, 2.45) is 5.92 Å². The predicted octanol–water partition coefficient (Wildman–Crippen LogP) is 1.85. The van der Waals surface area contributed by atoms with Crippen LogP contribution in [0.5, 0.6) is 0 Å². The molecular formula is C13H19NO3. The fraction of sp³-hybridized carbons (Fsp3) is 0.692. The summed E-state index contributed by atoms with van der Waals surface area (Å²) in [5, 5.41) is 0. The van der Waals surface area contributed by atoms with Crippen molar-refractivity contribution in [3.63, 3.8) is 0 Å². The minimum absolute atomic E-state index is 0.0205. The SMILES string of the molecule is CC[C@H]1O[C@@H](N2C=C(C)C(=O)CC2=O)CC1C. The van der Waals surface area contributed by atoms with Gasteiger partial charge in [-0.2, -0.15) is 0 Å². The Hall–Kier alpha value is -1.16. The molecule has 0 spiro atoms. The van der Waals surface area contributed by atoms with Gasteiger partial charge >= 0.3 is 0 Å². The second kappa shape index (κ2) is 4.61. The van der Waals surface area contributed by atoms with Crippen molar-refractivity contribution in [1.82, 2.24) is 4.90 Å². The third kappa shape index (κ3) is 2.27. The maximum Gasteiger partial charge on any atom is 0.236 e. The second-order valence-corrected chi connectivity index (χ2v) is 4.96. The van der Waals surface area contributed by atoms with Gasteiger partial charge in [-0.05, 0) is 25.7 Å². The minimum Gasteiger partial charge on any atom is -0.354 e. The smallest absolute Gasteiger partial charge is 0.236 e. The summed E-state index contributed by atoms with van der Waals surface area (Å²) in [7, 11) is 0. The summed E-state index contributed by atoms with van der Waals surface area (Å²) in [4.78, 5) is 24.8. The van der Waals surface area contributed by atoms with E-state index in [4.69, 9.17) is 4.74 Å². The molecule has 1 fully saturated rings. The molecule has 0 aliphatic carbocycles. The highest BCUT2D eigenvalue weighted by atomic mass is 16.5. The number of ketones is 1. The van der Waals surface area contributed by atoms with Crippen LogP contribution in [0, 0.1) is 5.92 Å². The normalized spacial score (nSPS) is 34.2. The van der Waals surface area contributed by atoms with Gasteiger partial charge in [0.25, 0.3) is 0 Å². The number of rotatable bonds is 2. The van der Waals surface area contributed by atoms with E-state index in [1.54, 1.807) is 18.0 Å². The fourth-order valence-electron chi connectivity index (χ4n) is 2.50. The van der Waals surface area contributed by atoms with Crippen molar-refractivity contribution in [2.75, 3.05) is 0 Å². The number of carbonyl (C=O) groups excluding carboxylic acids is 2. The van der Waals surface area contributed by atoms with E-state index in [-0.39, 0.29) is 30.4 Å². The average Bonchev–Trinajstić information content (AvgIpc) is 2.65. The number of nitrogens with zero attached hydrogens (tertiary/aromatic N) is 1. The lowest BCUT2D eigenvalue weighted by atomic mass is 10.0. The van der Waals surface area contributed by atoms with E-state index < -0.39 is 0 Å². The Balaban J connectivity index is 2.13. The molecule has 0 bridgehead atoms. The second-order valence-electron chi connectivity index (χ2n) is 4.96. The van der Waals surface area contributed by atoms with Crippen LogP contribution in [0.2, 0.25) is 0 Å². The van der Waals surface area contributed by atoms with Gasteiger partial charge in [0, 0.05) is 11.8 Å². The van der Waals surface area contributed by atoms with E-state index in [1.807, 2.05) is 0 Å². The van der Waals surface area contributed by atoms with Crippen molar-refractivity contribution in [2.45, 2.75) is 52.4 Å². The Bertz CT molecular complexity index is 375. The highest BCUT2D eigenvalue weighted by Crippen LogP contribution is 2.31. The van der Waals surface area contributed by atoms with Gasteiger partial charge in [0.05, 0.1) is 12.5 Å². The van der Waals surface area contributed by atoms with Gasteiger partial charge in [0.2, 0.25) is 5.91 Å². The standard InChI is InChI=1S/C13H19NO3/c1-4-11-8(2)5-13(17-11)14-7-9(3)10(15)6-12(14)16/h7-8,11,13H,4-6H2,1-3H3/t8?,11-,13-/m1/s1. The molecule has 1 saturated heterocycles. The summed E-state index contributed by atoms with van der Waals surface area (Å²) in [6.45, 7) is 5.98. The summed E-state index contributed by atoms with van der Waals surface area (Å²) in [5.41, 5.74) is 0.640. The van der Waals surface area contributed by atoms with Crippen molar-refractivity contribution in [1.29, 1.82) is 0 Å². The Morgan fingerprint density at radius 3 is 2.76 bits per heavy atom. The number of hydrogen-bond acceptors (Lipinski definition) is 3. The van der Waals surface area contributed by atoms with E-state index >= 15 is 0 Å². The Labute approximate surface area is 102 Å². The molecule has 0 aromatic carbocycles. The minimum atomic E-state index is -0.189. The van der Waals surface area contributed by atoms with E-state index in [0.717, 1.165) is 12.8 Å². The topological polar surface area (TPSA) is 46.6 Å². The van der Waals surface area contributed by atoms with Crippen LogP contribution in [0.3, 0.4) is 0 Å². The van der Waals surface area contributed by atoms with Crippen LogP contribution in [0.4, 0.5) is 0 Å². The predicted molar refractivity (Wildman–Crippen MR) is 63.0 cm³/mol. The van der Waals surface area contributed by atoms with Crippen molar-refractivity contribution >= 4 is 11.7 Å². The lowest BCUT2D eigenvalue weighted by molar-refractivity contribution is -0.143. The quantitative estimate of drug-likeness (QED) is 0.689. The molecular weight excluding hydrogens is 218 g/mol.